The third-order valence-corrected chi connectivity index (χ3v) is 19.3. The lowest BCUT2D eigenvalue weighted by Gasteiger charge is -2.39. The van der Waals surface area contributed by atoms with Crippen LogP contribution in [-0.2, 0) is 48.6 Å². The van der Waals surface area contributed by atoms with Gasteiger partial charge in [-0.15, -0.1) is 0 Å². The number of urea groups is 2. The van der Waals surface area contributed by atoms with E-state index < -0.39 is 118 Å². The number of aliphatic hydroxyl groups excluding tert-OH is 2. The van der Waals surface area contributed by atoms with Gasteiger partial charge < -0.3 is 66.7 Å². The molecule has 0 spiro atoms. The third-order valence-electron chi connectivity index (χ3n) is 19.3. The molecule has 22 nitrogen and oxygen atoms in total. The van der Waals surface area contributed by atoms with Gasteiger partial charge in [-0.25, -0.2) is 14.4 Å². The summed E-state index contributed by atoms with van der Waals surface area (Å²) in [6.45, 7) is 34.5. The van der Waals surface area contributed by atoms with Gasteiger partial charge in [0.2, 0.25) is 23.6 Å². The van der Waals surface area contributed by atoms with Gasteiger partial charge in [-0.05, 0) is 131 Å². The Labute approximate surface area is 522 Å². The molecule has 0 aromatic heterocycles. The zero-order chi connectivity index (χ0) is 66.2. The molecule has 22 heteroatoms. The molecule has 0 radical (unpaired) electrons. The third kappa shape index (κ3) is 17.3. The molecule has 6 aliphatic rings. The number of fused-ring (bicyclic) bond motifs is 2. The smallest absolute Gasteiger partial charge is 0.336 e. The molecule has 9 N–H and O–H groups in total. The van der Waals surface area contributed by atoms with Crippen molar-refractivity contribution in [2.45, 2.75) is 241 Å². The summed E-state index contributed by atoms with van der Waals surface area (Å²) in [4.78, 5) is 123. The Hall–Kier alpha value is -6.03. The minimum atomic E-state index is -1.63. The van der Waals surface area contributed by atoms with Crippen LogP contribution in [-0.4, -0.2) is 160 Å². The maximum atomic E-state index is 14.2. The van der Waals surface area contributed by atoms with E-state index in [2.05, 4.69) is 64.9 Å². The lowest BCUT2D eigenvalue weighted by molar-refractivity contribution is -0.157. The van der Waals surface area contributed by atoms with Crippen molar-refractivity contribution in [3.05, 3.63) is 35.9 Å². The molecule has 8 unspecified atom stereocenters. The maximum Gasteiger partial charge on any atom is 0.336 e. The van der Waals surface area contributed by atoms with Crippen LogP contribution in [0.15, 0.2) is 30.3 Å². The number of aliphatic hydroxyl groups is 2. The van der Waals surface area contributed by atoms with E-state index in [1.54, 1.807) is 23.6 Å². The molecule has 7 rings (SSSR count). The first kappa shape index (κ1) is 71.1. The van der Waals surface area contributed by atoms with E-state index in [9.17, 15) is 53.4 Å². The SMILES string of the molecule is CC(C)(C)NC(=O)N[C@H](C(=O)N1CC2C([C@H]1C(=O)NC(CC1CCC1)C(O)C(=O)NCC(=O)OC(C)(C)c1ccccc1)C2(C)C)C(C)(C)C.COC(=O)C(O)C(CC1CCC1)NC(=O)[C@@H]1C2C(CN1C(=O)[C@@H](NC(=O)NC(C)(C)C)C(C)(C)C)C2(C)C. The largest absolute Gasteiger partial charge is 0.467 e. The van der Waals surface area contributed by atoms with Crippen LogP contribution >= 0.6 is 0 Å². The number of ether oxygens (including phenoxy) is 2. The van der Waals surface area contributed by atoms with Crippen molar-refractivity contribution in [2.75, 3.05) is 26.7 Å². The number of piperidine rings is 2. The molecule has 0 bridgehead atoms. The van der Waals surface area contributed by atoms with Crippen molar-refractivity contribution < 1.29 is 62.8 Å². The van der Waals surface area contributed by atoms with E-state index in [4.69, 9.17) is 9.47 Å². The second-order valence-electron chi connectivity index (χ2n) is 31.8. The zero-order valence-electron chi connectivity index (χ0n) is 56.0. The first-order valence-corrected chi connectivity index (χ1v) is 31.8. The molecule has 4 aliphatic carbocycles. The van der Waals surface area contributed by atoms with Crippen molar-refractivity contribution in [1.82, 2.24) is 47.0 Å². The Balaban J connectivity index is 0.000000292. The van der Waals surface area contributed by atoms with Crippen molar-refractivity contribution in [1.29, 1.82) is 0 Å². The number of rotatable bonds is 20. The fourth-order valence-electron chi connectivity index (χ4n) is 13.5. The average molecular weight is 1230 g/mol. The van der Waals surface area contributed by atoms with E-state index in [0.717, 1.165) is 44.1 Å². The number of hydrogen-bond acceptors (Lipinski definition) is 13. The van der Waals surface area contributed by atoms with Crippen LogP contribution in [0.2, 0.25) is 0 Å². The number of nitrogens with one attached hydrogen (secondary N) is 7. The number of carbonyl (C=O) groups is 9. The Morgan fingerprint density at radius 3 is 1.31 bits per heavy atom. The molecule has 2 aliphatic heterocycles. The van der Waals surface area contributed by atoms with Gasteiger partial charge >= 0.3 is 24.0 Å². The van der Waals surface area contributed by atoms with Gasteiger partial charge in [-0.3, -0.25) is 28.8 Å². The van der Waals surface area contributed by atoms with Crippen LogP contribution in [0.1, 0.15) is 182 Å². The summed E-state index contributed by atoms with van der Waals surface area (Å²) in [5, 5.41) is 41.7. The van der Waals surface area contributed by atoms with Crippen molar-refractivity contribution >= 4 is 53.5 Å². The number of methoxy groups -OCH3 is 1. The number of amides is 9. The molecular formula is C66H107N9O13. The highest BCUT2D eigenvalue weighted by Gasteiger charge is 2.71. The predicted octanol–water partition coefficient (Wildman–Crippen LogP) is 5.80. The number of carbonyl (C=O) groups excluding carboxylic acids is 9. The Bertz CT molecular complexity index is 2720. The van der Waals surface area contributed by atoms with Crippen LogP contribution in [0, 0.1) is 57.2 Å². The first-order chi connectivity index (χ1) is 40.4. The second-order valence-corrected chi connectivity index (χ2v) is 31.8. The lowest BCUT2D eigenvalue weighted by Crippen LogP contribution is -2.62. The average Bonchev–Trinajstić information content (AvgIpc) is 1.54. The van der Waals surface area contributed by atoms with Gasteiger partial charge in [-0.1, -0.05) is 138 Å². The molecule has 4 saturated carbocycles. The Kier molecular flexibility index (Phi) is 21.6. The molecule has 2 heterocycles. The molecule has 9 amide bonds. The fraction of sp³-hybridized carbons (Fsp3) is 0.773. The summed E-state index contributed by atoms with van der Waals surface area (Å²) in [6, 6.07) is 3.23. The van der Waals surface area contributed by atoms with E-state index in [1.807, 2.05) is 113 Å². The normalized spacial score (nSPS) is 24.8. The molecule has 2 saturated heterocycles. The van der Waals surface area contributed by atoms with Crippen LogP contribution in [0.5, 0.6) is 0 Å². The maximum absolute atomic E-state index is 14.2. The van der Waals surface area contributed by atoms with Crippen LogP contribution in [0.25, 0.3) is 0 Å². The molecular weight excluding hydrogens is 1130 g/mol. The standard InChI is InChI=1S/C38H59N5O7.C28H48N4O6/c1-35(2,3)30(41-34(49)42-36(4,5)6)33(48)43-21-24-27(37(24,7)8)28(43)31(46)40-25(19-22-15-14-16-22)29(45)32(47)39-20-26(44)50-38(9,10)23-17-12-11-13-18-23;1-26(2,3)21(30-25(37)31-27(4,5)6)23(35)32-14-16-18(28(16,7)8)19(32)22(34)29-17(13-15-11-10-12-15)20(33)24(36)38-9/h11-13,17-18,22,24-25,27-30,45H,14-16,19-21H2,1-10H3,(H,39,47)(H,40,46)(H2,41,42,49);15-21,33H,10-14H2,1-9H3,(H,29,34)(H2,30,31,37)/t24?,25?,27?,28-,29?,30+;16?,17?,18?,19-,20?,21+/m00/s1. The summed E-state index contributed by atoms with van der Waals surface area (Å²) < 4.78 is 10.4. The number of likely N-dealkylation sites (tertiary alicyclic amines) is 2. The lowest BCUT2D eigenvalue weighted by atomic mass is 9.79. The molecule has 1 aromatic rings. The summed E-state index contributed by atoms with van der Waals surface area (Å²) >= 11 is 0. The summed E-state index contributed by atoms with van der Waals surface area (Å²) in [5.41, 5.74) is -2.69. The van der Waals surface area contributed by atoms with Crippen LogP contribution < -0.4 is 37.2 Å². The quantitative estimate of drug-likeness (QED) is 0.0698. The van der Waals surface area contributed by atoms with Crippen LogP contribution in [0.3, 0.4) is 0 Å². The van der Waals surface area contributed by atoms with Gasteiger partial charge in [0.25, 0.3) is 5.91 Å². The molecule has 1 aromatic carbocycles. The van der Waals surface area contributed by atoms with E-state index in [0.29, 0.717) is 31.8 Å². The Morgan fingerprint density at radius 1 is 0.580 bits per heavy atom. The Morgan fingerprint density at radius 2 is 0.966 bits per heavy atom. The number of esters is 2. The second kappa shape index (κ2) is 26.8. The monoisotopic (exact) mass is 1230 g/mol. The number of hydrogen-bond donors (Lipinski definition) is 9. The molecule has 494 valence electrons. The molecule has 6 fully saturated rings. The highest BCUT2D eigenvalue weighted by atomic mass is 16.6. The van der Waals surface area contributed by atoms with Gasteiger partial charge in [0.05, 0.1) is 19.2 Å². The fourth-order valence-corrected chi connectivity index (χ4v) is 13.5. The number of benzene rings is 1. The molecule has 12 atom stereocenters. The highest BCUT2D eigenvalue weighted by Crippen LogP contribution is 2.66. The zero-order valence-corrected chi connectivity index (χ0v) is 56.0. The van der Waals surface area contributed by atoms with Crippen molar-refractivity contribution in [3.63, 3.8) is 0 Å². The van der Waals surface area contributed by atoms with Gasteiger partial charge in [-0.2, -0.15) is 0 Å². The highest BCUT2D eigenvalue weighted by molar-refractivity contribution is 5.96. The van der Waals surface area contributed by atoms with E-state index in [1.165, 1.54) is 7.11 Å². The van der Waals surface area contributed by atoms with Crippen molar-refractivity contribution in [2.24, 2.45) is 57.2 Å². The van der Waals surface area contributed by atoms with Gasteiger partial charge in [0, 0.05) is 24.2 Å². The van der Waals surface area contributed by atoms with Crippen molar-refractivity contribution in [3.8, 4) is 0 Å². The first-order valence-electron chi connectivity index (χ1n) is 31.8. The van der Waals surface area contributed by atoms with E-state index in [-0.39, 0.29) is 58.1 Å². The molecule has 88 heavy (non-hydrogen) atoms. The summed E-state index contributed by atoms with van der Waals surface area (Å²) in [5.74, 6) is -3.11. The van der Waals surface area contributed by atoms with Gasteiger partial charge in [0.1, 0.15) is 36.3 Å². The van der Waals surface area contributed by atoms with E-state index >= 15 is 0 Å². The van der Waals surface area contributed by atoms with Gasteiger partial charge in [0.15, 0.2) is 12.2 Å². The summed E-state index contributed by atoms with van der Waals surface area (Å²) in [7, 11) is 1.21. The topological polar surface area (TPSA) is 303 Å². The predicted molar refractivity (Wildman–Crippen MR) is 332 cm³/mol. The van der Waals surface area contributed by atoms with Crippen LogP contribution in [0.4, 0.5) is 9.59 Å². The minimum Gasteiger partial charge on any atom is -0.467 e. The summed E-state index contributed by atoms with van der Waals surface area (Å²) in [6.07, 6.45) is 3.67. The minimum absolute atomic E-state index is 0.0462. The number of nitrogens with zero attached hydrogens (tertiary/aromatic N) is 2.